The van der Waals surface area contributed by atoms with Gasteiger partial charge in [0.25, 0.3) is 5.91 Å². The van der Waals surface area contributed by atoms with E-state index in [1.165, 1.54) is 25.8 Å². The van der Waals surface area contributed by atoms with Gasteiger partial charge in [0.15, 0.2) is 5.65 Å². The van der Waals surface area contributed by atoms with E-state index in [2.05, 4.69) is 51.2 Å². The number of aromatic nitrogens is 3. The summed E-state index contributed by atoms with van der Waals surface area (Å²) in [4.78, 5) is 22.6. The predicted octanol–water partition coefficient (Wildman–Crippen LogP) is 3.62. The molecule has 0 atom stereocenters. The van der Waals surface area contributed by atoms with E-state index in [0.29, 0.717) is 11.2 Å². The van der Waals surface area contributed by atoms with Crippen molar-refractivity contribution >= 4 is 22.9 Å². The van der Waals surface area contributed by atoms with Gasteiger partial charge in [-0.2, -0.15) is 5.10 Å². The molecule has 0 radical (unpaired) electrons. The highest BCUT2D eigenvalue weighted by Gasteiger charge is 2.33. The fourth-order valence-corrected chi connectivity index (χ4v) is 5.39. The van der Waals surface area contributed by atoms with Crippen LogP contribution in [0.15, 0.2) is 36.8 Å². The van der Waals surface area contributed by atoms with Crippen LogP contribution in [-0.2, 0) is 6.42 Å². The van der Waals surface area contributed by atoms with Crippen LogP contribution in [0.2, 0.25) is 0 Å². The molecular formula is C26H32N6O2. The third kappa shape index (κ3) is 4.00. The van der Waals surface area contributed by atoms with Gasteiger partial charge < -0.3 is 15.0 Å². The van der Waals surface area contributed by atoms with Crippen molar-refractivity contribution < 1.29 is 9.53 Å². The second kappa shape index (κ2) is 8.27. The van der Waals surface area contributed by atoms with Crippen molar-refractivity contribution in [1.82, 2.24) is 19.5 Å². The van der Waals surface area contributed by atoms with Gasteiger partial charge in [-0.3, -0.25) is 9.69 Å². The summed E-state index contributed by atoms with van der Waals surface area (Å²) in [6, 6.07) is 6.01. The summed E-state index contributed by atoms with van der Waals surface area (Å²) in [5, 5.41) is 7.45. The molecule has 6 rings (SSSR count). The van der Waals surface area contributed by atoms with Crippen molar-refractivity contribution in [1.29, 1.82) is 0 Å². The molecule has 1 amide bonds. The Morgan fingerprint density at radius 3 is 2.79 bits per heavy atom. The lowest BCUT2D eigenvalue weighted by Crippen LogP contribution is -2.48. The Labute approximate surface area is 199 Å². The Hall–Kier alpha value is -3.13. The molecule has 34 heavy (non-hydrogen) atoms. The maximum absolute atomic E-state index is 13.3. The standard InChI is InChI=1S/C26H32N6O2/c1-26(2)15-19-13-21(29-25(33)20-16-28-32-8-4-7-27-24(20)32)22(14-23(19)34-26)31-11-9-30(10-12-31)17-18-5-3-6-18/h4,7-8,13-14,16,18H,3,5-6,9-12,15,17H2,1-2H3,(H,29,33). The molecule has 0 bridgehead atoms. The number of hydrogen-bond acceptors (Lipinski definition) is 6. The molecule has 1 saturated carbocycles. The number of carbonyl (C=O) groups excluding carboxylic acids is 1. The van der Waals surface area contributed by atoms with Crippen LogP contribution in [0, 0.1) is 5.92 Å². The first kappa shape index (κ1) is 21.4. The maximum Gasteiger partial charge on any atom is 0.261 e. The Kier molecular flexibility index (Phi) is 5.21. The minimum absolute atomic E-state index is 0.198. The molecule has 3 aliphatic rings. The Bertz CT molecular complexity index is 1220. The molecule has 1 saturated heterocycles. The number of fused-ring (bicyclic) bond motifs is 2. The predicted molar refractivity (Wildman–Crippen MR) is 132 cm³/mol. The third-order valence-corrected chi connectivity index (χ3v) is 7.41. The number of carbonyl (C=O) groups is 1. The van der Waals surface area contributed by atoms with Crippen LogP contribution < -0.4 is 15.0 Å². The molecule has 1 aromatic carbocycles. The van der Waals surface area contributed by atoms with Crippen LogP contribution in [0.1, 0.15) is 49.0 Å². The number of rotatable bonds is 5. The van der Waals surface area contributed by atoms with Gasteiger partial charge in [0.2, 0.25) is 0 Å². The molecule has 4 heterocycles. The third-order valence-electron chi connectivity index (χ3n) is 7.41. The minimum atomic E-state index is -0.240. The van der Waals surface area contributed by atoms with Gasteiger partial charge >= 0.3 is 0 Å². The number of anilines is 2. The minimum Gasteiger partial charge on any atom is -0.487 e. The summed E-state index contributed by atoms with van der Waals surface area (Å²) in [7, 11) is 0. The molecule has 2 fully saturated rings. The van der Waals surface area contributed by atoms with Crippen LogP contribution >= 0.6 is 0 Å². The Morgan fingerprint density at radius 2 is 2.03 bits per heavy atom. The second-order valence-corrected chi connectivity index (χ2v) is 10.5. The van der Waals surface area contributed by atoms with E-state index in [1.807, 2.05) is 0 Å². The van der Waals surface area contributed by atoms with Crippen LogP contribution in [0.3, 0.4) is 0 Å². The first-order chi connectivity index (χ1) is 16.4. The highest BCUT2D eigenvalue weighted by Crippen LogP contribution is 2.42. The summed E-state index contributed by atoms with van der Waals surface area (Å²) >= 11 is 0. The van der Waals surface area contributed by atoms with Crippen molar-refractivity contribution in [2.24, 2.45) is 5.92 Å². The highest BCUT2D eigenvalue weighted by atomic mass is 16.5. The topological polar surface area (TPSA) is 75.0 Å². The largest absolute Gasteiger partial charge is 0.487 e. The molecule has 1 aliphatic carbocycles. The van der Waals surface area contributed by atoms with E-state index in [-0.39, 0.29) is 11.5 Å². The zero-order chi connectivity index (χ0) is 23.3. The maximum atomic E-state index is 13.3. The molecule has 1 N–H and O–H groups in total. The summed E-state index contributed by atoms with van der Waals surface area (Å²) < 4.78 is 7.86. The number of ether oxygens (including phenoxy) is 1. The number of hydrogen-bond donors (Lipinski definition) is 1. The Balaban J connectivity index is 1.27. The number of piperazine rings is 1. The van der Waals surface area contributed by atoms with Crippen LogP contribution in [0.25, 0.3) is 5.65 Å². The smallest absolute Gasteiger partial charge is 0.261 e. The normalized spacial score (nSPS) is 20.1. The molecular weight excluding hydrogens is 428 g/mol. The van der Waals surface area contributed by atoms with E-state index in [9.17, 15) is 4.79 Å². The lowest BCUT2D eigenvalue weighted by atomic mass is 9.85. The van der Waals surface area contributed by atoms with Gasteiger partial charge in [0.05, 0.1) is 17.6 Å². The first-order valence-corrected chi connectivity index (χ1v) is 12.4. The van der Waals surface area contributed by atoms with E-state index < -0.39 is 0 Å². The molecule has 0 unspecified atom stereocenters. The van der Waals surface area contributed by atoms with Crippen molar-refractivity contribution in [3.05, 3.63) is 47.9 Å². The quantitative estimate of drug-likeness (QED) is 0.627. The number of benzene rings is 1. The van der Waals surface area contributed by atoms with Crippen LogP contribution in [-0.4, -0.2) is 63.7 Å². The molecule has 8 nitrogen and oxygen atoms in total. The molecule has 2 aliphatic heterocycles. The zero-order valence-corrected chi connectivity index (χ0v) is 20.0. The van der Waals surface area contributed by atoms with Crippen molar-refractivity contribution in [3.8, 4) is 5.75 Å². The molecule has 178 valence electrons. The van der Waals surface area contributed by atoms with Crippen LogP contribution in [0.4, 0.5) is 11.4 Å². The fourth-order valence-electron chi connectivity index (χ4n) is 5.39. The van der Waals surface area contributed by atoms with Crippen molar-refractivity contribution in [3.63, 3.8) is 0 Å². The van der Waals surface area contributed by atoms with Gasteiger partial charge in [0.1, 0.15) is 16.9 Å². The van der Waals surface area contributed by atoms with E-state index >= 15 is 0 Å². The summed E-state index contributed by atoms with van der Waals surface area (Å²) in [6.45, 7) is 9.41. The molecule has 2 aromatic heterocycles. The van der Waals surface area contributed by atoms with Crippen molar-refractivity contribution in [2.45, 2.75) is 45.1 Å². The van der Waals surface area contributed by atoms with E-state index in [4.69, 9.17) is 4.74 Å². The zero-order valence-electron chi connectivity index (χ0n) is 20.0. The fraction of sp³-hybridized carbons (Fsp3) is 0.500. The van der Waals surface area contributed by atoms with Gasteiger partial charge in [-0.15, -0.1) is 0 Å². The number of nitrogens with one attached hydrogen (secondary N) is 1. The summed E-state index contributed by atoms with van der Waals surface area (Å²) in [5.74, 6) is 1.61. The molecule has 3 aromatic rings. The number of nitrogens with zero attached hydrogens (tertiary/aromatic N) is 5. The van der Waals surface area contributed by atoms with Gasteiger partial charge in [-0.25, -0.2) is 9.50 Å². The Morgan fingerprint density at radius 1 is 1.21 bits per heavy atom. The van der Waals surface area contributed by atoms with E-state index in [0.717, 1.165) is 61.2 Å². The first-order valence-electron chi connectivity index (χ1n) is 12.4. The van der Waals surface area contributed by atoms with E-state index in [1.54, 1.807) is 29.2 Å². The monoisotopic (exact) mass is 460 g/mol. The number of amides is 1. The van der Waals surface area contributed by atoms with Gasteiger partial charge in [-0.05, 0) is 44.7 Å². The SMILES string of the molecule is CC1(C)Cc2cc(NC(=O)c3cnn4cccnc34)c(N3CCN(CC4CCC4)CC3)cc2O1. The lowest BCUT2D eigenvalue weighted by molar-refractivity contribution is 0.102. The molecule has 8 heteroatoms. The second-order valence-electron chi connectivity index (χ2n) is 10.5. The van der Waals surface area contributed by atoms with Crippen LogP contribution in [0.5, 0.6) is 5.75 Å². The van der Waals surface area contributed by atoms with Gasteiger partial charge in [0, 0.05) is 63.2 Å². The summed E-state index contributed by atoms with van der Waals surface area (Å²) in [6.07, 6.45) is 10.0. The van der Waals surface area contributed by atoms with Gasteiger partial charge in [-0.1, -0.05) is 6.42 Å². The van der Waals surface area contributed by atoms with Crippen molar-refractivity contribution in [2.75, 3.05) is 42.9 Å². The lowest BCUT2D eigenvalue weighted by Gasteiger charge is -2.40. The average Bonchev–Trinajstić information content (AvgIpc) is 3.35. The highest BCUT2D eigenvalue weighted by molar-refractivity contribution is 6.09. The summed E-state index contributed by atoms with van der Waals surface area (Å²) in [5.41, 5.74) is 3.76. The average molecular weight is 461 g/mol. The molecule has 0 spiro atoms.